The first-order chi connectivity index (χ1) is 4.88. The van der Waals surface area contributed by atoms with Crippen LogP contribution in [0.15, 0.2) is 12.4 Å². The minimum Gasteiger partial charge on any atom is -0.334 e. The minimum absolute atomic E-state index is 0.656. The second kappa shape index (κ2) is 3.62. The van der Waals surface area contributed by atoms with Gasteiger partial charge in [0.1, 0.15) is 5.82 Å². The summed E-state index contributed by atoms with van der Waals surface area (Å²) < 4.78 is 2.08. The van der Waals surface area contributed by atoms with Crippen LogP contribution in [0.25, 0.3) is 0 Å². The zero-order chi connectivity index (χ0) is 7.40. The van der Waals surface area contributed by atoms with Gasteiger partial charge >= 0.3 is 0 Å². The molecule has 0 unspecified atom stereocenters. The van der Waals surface area contributed by atoms with Crippen molar-refractivity contribution in [2.75, 3.05) is 5.88 Å². The van der Waals surface area contributed by atoms with Crippen molar-refractivity contribution in [3.8, 4) is 0 Å². The van der Waals surface area contributed by atoms with E-state index in [1.54, 1.807) is 0 Å². The summed E-state index contributed by atoms with van der Waals surface area (Å²) in [6, 6.07) is 0. The number of imidazole rings is 1. The number of nitrogens with zero attached hydrogens (tertiary/aromatic N) is 2. The second-order valence-corrected chi connectivity index (χ2v) is 2.46. The average Bonchev–Trinajstić information content (AvgIpc) is 2.36. The molecule has 56 valence electrons. The highest BCUT2D eigenvalue weighted by Gasteiger charge is 1.96. The monoisotopic (exact) mass is 158 g/mol. The van der Waals surface area contributed by atoms with Crippen molar-refractivity contribution in [1.29, 1.82) is 0 Å². The number of rotatable bonds is 3. The summed E-state index contributed by atoms with van der Waals surface area (Å²) in [5, 5.41) is 0. The van der Waals surface area contributed by atoms with Gasteiger partial charge in [0.25, 0.3) is 0 Å². The predicted octanol–water partition coefficient (Wildman–Crippen LogP) is 1.68. The van der Waals surface area contributed by atoms with Crippen molar-refractivity contribution < 1.29 is 0 Å². The van der Waals surface area contributed by atoms with Gasteiger partial charge in [0.05, 0.1) is 0 Å². The van der Waals surface area contributed by atoms with Crippen molar-refractivity contribution in [1.82, 2.24) is 9.55 Å². The molecule has 0 aromatic carbocycles. The summed E-state index contributed by atoms with van der Waals surface area (Å²) >= 11 is 5.57. The molecule has 0 radical (unpaired) electrons. The van der Waals surface area contributed by atoms with Crippen LogP contribution < -0.4 is 0 Å². The molecule has 1 rings (SSSR count). The Labute approximate surface area is 65.8 Å². The van der Waals surface area contributed by atoms with E-state index in [9.17, 15) is 0 Å². The lowest BCUT2D eigenvalue weighted by molar-refractivity contribution is 0.709. The van der Waals surface area contributed by atoms with E-state index >= 15 is 0 Å². The Morgan fingerprint density at radius 3 is 3.10 bits per heavy atom. The number of alkyl halides is 1. The van der Waals surface area contributed by atoms with Gasteiger partial charge in [-0.15, -0.1) is 11.6 Å². The number of hydrogen-bond acceptors (Lipinski definition) is 1. The summed E-state index contributed by atoms with van der Waals surface area (Å²) in [5.41, 5.74) is 0. The van der Waals surface area contributed by atoms with Crippen molar-refractivity contribution in [2.45, 2.75) is 19.9 Å². The van der Waals surface area contributed by atoms with Crippen LogP contribution in [0.2, 0.25) is 0 Å². The van der Waals surface area contributed by atoms with E-state index in [4.69, 9.17) is 11.6 Å². The first-order valence-electron chi connectivity index (χ1n) is 3.44. The lowest BCUT2D eigenvalue weighted by Gasteiger charge is -2.01. The van der Waals surface area contributed by atoms with Crippen LogP contribution in [-0.2, 0) is 13.0 Å². The van der Waals surface area contributed by atoms with E-state index in [0.29, 0.717) is 5.88 Å². The Balaban J connectivity index is 2.70. The maximum absolute atomic E-state index is 5.57. The van der Waals surface area contributed by atoms with Crippen LogP contribution in [0.1, 0.15) is 12.7 Å². The fourth-order valence-corrected chi connectivity index (χ4v) is 1.13. The Hall–Kier alpha value is -0.500. The molecular formula is C7H11ClN2. The van der Waals surface area contributed by atoms with Crippen LogP contribution in [-0.4, -0.2) is 15.4 Å². The molecule has 0 spiro atoms. The van der Waals surface area contributed by atoms with E-state index in [1.807, 2.05) is 12.4 Å². The molecule has 3 heteroatoms. The Kier molecular flexibility index (Phi) is 2.75. The van der Waals surface area contributed by atoms with Crippen molar-refractivity contribution in [3.63, 3.8) is 0 Å². The fourth-order valence-electron chi connectivity index (χ4n) is 0.949. The SMILES string of the molecule is CCc1nccn1CCCl. The highest BCUT2D eigenvalue weighted by Crippen LogP contribution is 1.98. The van der Waals surface area contributed by atoms with Crippen LogP contribution >= 0.6 is 11.6 Å². The van der Waals surface area contributed by atoms with E-state index in [-0.39, 0.29) is 0 Å². The van der Waals surface area contributed by atoms with Crippen LogP contribution in [0.3, 0.4) is 0 Å². The molecule has 0 fully saturated rings. The standard InChI is InChI=1S/C7H11ClN2/c1-2-7-9-4-6-10(7)5-3-8/h4,6H,2-3,5H2,1H3. The van der Waals surface area contributed by atoms with Gasteiger partial charge in [-0.25, -0.2) is 4.98 Å². The summed E-state index contributed by atoms with van der Waals surface area (Å²) in [4.78, 5) is 4.16. The molecule has 10 heavy (non-hydrogen) atoms. The molecule has 1 heterocycles. The van der Waals surface area contributed by atoms with Gasteiger partial charge < -0.3 is 4.57 Å². The maximum atomic E-state index is 5.57. The lowest BCUT2D eigenvalue weighted by Crippen LogP contribution is -2.02. The lowest BCUT2D eigenvalue weighted by atomic mass is 10.4. The second-order valence-electron chi connectivity index (χ2n) is 2.08. The highest BCUT2D eigenvalue weighted by atomic mass is 35.5. The molecule has 0 atom stereocenters. The smallest absolute Gasteiger partial charge is 0.108 e. The van der Waals surface area contributed by atoms with Gasteiger partial charge in [-0.2, -0.15) is 0 Å². The zero-order valence-electron chi connectivity index (χ0n) is 6.05. The van der Waals surface area contributed by atoms with Gasteiger partial charge in [0.15, 0.2) is 0 Å². The van der Waals surface area contributed by atoms with Crippen LogP contribution in [0.5, 0.6) is 0 Å². The average molecular weight is 159 g/mol. The number of halogens is 1. The number of hydrogen-bond donors (Lipinski definition) is 0. The van der Waals surface area contributed by atoms with Crippen molar-refractivity contribution in [3.05, 3.63) is 18.2 Å². The van der Waals surface area contributed by atoms with E-state index in [1.165, 1.54) is 0 Å². The van der Waals surface area contributed by atoms with Gasteiger partial charge in [-0.1, -0.05) is 6.92 Å². The third kappa shape index (κ3) is 1.51. The molecule has 0 aliphatic carbocycles. The summed E-state index contributed by atoms with van der Waals surface area (Å²) in [6.07, 6.45) is 4.75. The fraction of sp³-hybridized carbons (Fsp3) is 0.571. The first kappa shape index (κ1) is 7.61. The largest absolute Gasteiger partial charge is 0.334 e. The molecule has 0 N–H and O–H groups in total. The molecule has 2 nitrogen and oxygen atoms in total. The number of aromatic nitrogens is 2. The summed E-state index contributed by atoms with van der Waals surface area (Å²) in [7, 11) is 0. The molecule has 1 aromatic rings. The maximum Gasteiger partial charge on any atom is 0.108 e. The Morgan fingerprint density at radius 1 is 1.70 bits per heavy atom. The minimum atomic E-state index is 0.656. The third-order valence-corrected chi connectivity index (χ3v) is 1.61. The van der Waals surface area contributed by atoms with E-state index in [2.05, 4.69) is 16.5 Å². The molecule has 0 aliphatic heterocycles. The summed E-state index contributed by atoms with van der Waals surface area (Å²) in [6.45, 7) is 2.96. The van der Waals surface area contributed by atoms with Gasteiger partial charge in [0.2, 0.25) is 0 Å². The van der Waals surface area contributed by atoms with Gasteiger partial charge in [-0.3, -0.25) is 0 Å². The molecule has 0 bridgehead atoms. The molecule has 0 saturated carbocycles. The van der Waals surface area contributed by atoms with Gasteiger partial charge in [-0.05, 0) is 0 Å². The van der Waals surface area contributed by atoms with Gasteiger partial charge in [0, 0.05) is 31.2 Å². The Morgan fingerprint density at radius 2 is 2.50 bits per heavy atom. The predicted molar refractivity (Wildman–Crippen MR) is 42.3 cm³/mol. The molecule has 1 aromatic heterocycles. The van der Waals surface area contributed by atoms with Crippen LogP contribution in [0.4, 0.5) is 0 Å². The molecule has 0 saturated heterocycles. The van der Waals surface area contributed by atoms with Crippen molar-refractivity contribution >= 4 is 11.6 Å². The van der Waals surface area contributed by atoms with Crippen LogP contribution in [0, 0.1) is 0 Å². The first-order valence-corrected chi connectivity index (χ1v) is 3.98. The third-order valence-electron chi connectivity index (χ3n) is 1.44. The molecular weight excluding hydrogens is 148 g/mol. The van der Waals surface area contributed by atoms with E-state index < -0.39 is 0 Å². The summed E-state index contributed by atoms with van der Waals surface area (Å²) in [5.74, 6) is 1.77. The molecule has 0 aliphatic rings. The zero-order valence-corrected chi connectivity index (χ0v) is 6.80. The van der Waals surface area contributed by atoms with Crippen molar-refractivity contribution in [2.24, 2.45) is 0 Å². The molecule has 0 amide bonds. The topological polar surface area (TPSA) is 17.8 Å². The van der Waals surface area contributed by atoms with E-state index in [0.717, 1.165) is 18.8 Å². The highest BCUT2D eigenvalue weighted by molar-refractivity contribution is 6.17. The normalized spacial score (nSPS) is 10.2. The quantitative estimate of drug-likeness (QED) is 0.613. The Bertz CT molecular complexity index is 195. The number of aryl methyl sites for hydroxylation is 2.